The van der Waals surface area contributed by atoms with E-state index < -0.39 is 48.4 Å². The van der Waals surface area contributed by atoms with Crippen LogP contribution in [0.15, 0.2) is 35.3 Å². The van der Waals surface area contributed by atoms with Crippen LogP contribution in [-0.2, 0) is 25.6 Å². The largest absolute Gasteiger partial charge is 0.480 e. The van der Waals surface area contributed by atoms with Gasteiger partial charge in [-0.05, 0) is 36.8 Å². The number of carboxylic acid groups (broad SMARTS) is 1. The predicted molar refractivity (Wildman–Crippen MR) is 136 cm³/mol. The number of guanidine groups is 1. The molecule has 3 amide bonds. The van der Waals surface area contributed by atoms with Crippen molar-refractivity contribution in [1.82, 2.24) is 16.0 Å². The first-order valence-corrected chi connectivity index (χ1v) is 12.5. The Morgan fingerprint density at radius 3 is 2.31 bits per heavy atom. The highest BCUT2D eigenvalue weighted by molar-refractivity contribution is 7.98. The van der Waals surface area contributed by atoms with Gasteiger partial charge in [0.25, 0.3) is 0 Å². The van der Waals surface area contributed by atoms with E-state index in [9.17, 15) is 24.3 Å². The third-order valence-electron chi connectivity index (χ3n) is 4.89. The number of rotatable bonds is 16. The predicted octanol–water partition coefficient (Wildman–Crippen LogP) is -1.47. The Labute approximate surface area is 208 Å². The van der Waals surface area contributed by atoms with Crippen molar-refractivity contribution < 1.29 is 24.3 Å². The second-order valence-electron chi connectivity index (χ2n) is 7.76. The molecule has 0 aliphatic carbocycles. The van der Waals surface area contributed by atoms with Gasteiger partial charge in [0, 0.05) is 13.0 Å². The Morgan fingerprint density at radius 1 is 1.03 bits per heavy atom. The molecule has 0 aliphatic rings. The highest BCUT2D eigenvalue weighted by Crippen LogP contribution is 2.05. The number of carboxylic acids is 1. The van der Waals surface area contributed by atoms with Crippen LogP contribution in [0, 0.1) is 0 Å². The van der Waals surface area contributed by atoms with E-state index in [2.05, 4.69) is 20.9 Å². The molecular formula is C22H35N7O5S. The second kappa shape index (κ2) is 16.3. The number of benzene rings is 1. The molecule has 13 heteroatoms. The molecule has 1 rings (SSSR count). The fourth-order valence-corrected chi connectivity index (χ4v) is 3.49. The summed E-state index contributed by atoms with van der Waals surface area (Å²) in [6.07, 6.45) is 3.09. The highest BCUT2D eigenvalue weighted by Gasteiger charge is 2.25. The maximum absolute atomic E-state index is 12.6. The molecule has 0 heterocycles. The van der Waals surface area contributed by atoms with E-state index in [4.69, 9.17) is 17.2 Å². The number of hydrogen-bond donors (Lipinski definition) is 7. The molecule has 0 fully saturated rings. The van der Waals surface area contributed by atoms with Crippen molar-refractivity contribution in [3.05, 3.63) is 35.9 Å². The van der Waals surface area contributed by atoms with Gasteiger partial charge < -0.3 is 38.3 Å². The van der Waals surface area contributed by atoms with Gasteiger partial charge in [0.1, 0.15) is 12.1 Å². The van der Waals surface area contributed by atoms with Crippen LogP contribution in [0.25, 0.3) is 0 Å². The van der Waals surface area contributed by atoms with Gasteiger partial charge in [-0.15, -0.1) is 0 Å². The van der Waals surface area contributed by atoms with Gasteiger partial charge in [-0.3, -0.25) is 19.4 Å². The molecule has 0 bridgehead atoms. The van der Waals surface area contributed by atoms with Crippen LogP contribution in [-0.4, -0.2) is 78.0 Å². The summed E-state index contributed by atoms with van der Waals surface area (Å²) >= 11 is 1.49. The van der Waals surface area contributed by atoms with E-state index in [0.717, 1.165) is 5.56 Å². The summed E-state index contributed by atoms with van der Waals surface area (Å²) < 4.78 is 0. The molecule has 0 aromatic heterocycles. The number of amides is 3. The second-order valence-corrected chi connectivity index (χ2v) is 8.75. The Kier molecular flexibility index (Phi) is 13.9. The summed E-state index contributed by atoms with van der Waals surface area (Å²) in [6.45, 7) is -0.107. The first-order chi connectivity index (χ1) is 16.6. The molecule has 0 saturated carbocycles. The Morgan fingerprint density at radius 2 is 1.71 bits per heavy atom. The van der Waals surface area contributed by atoms with Gasteiger partial charge in [0.2, 0.25) is 17.7 Å². The van der Waals surface area contributed by atoms with Crippen molar-refractivity contribution in [3.63, 3.8) is 0 Å². The topological polar surface area (TPSA) is 215 Å². The third-order valence-corrected chi connectivity index (χ3v) is 5.53. The van der Waals surface area contributed by atoms with Crippen molar-refractivity contribution in [2.45, 2.75) is 43.8 Å². The van der Waals surface area contributed by atoms with Crippen LogP contribution < -0.4 is 33.2 Å². The molecule has 1 aromatic rings. The van der Waals surface area contributed by atoms with Crippen LogP contribution in [0.4, 0.5) is 0 Å². The minimum Gasteiger partial charge on any atom is -0.480 e. The Balaban J connectivity index is 2.60. The number of nitrogens with zero attached hydrogens (tertiary/aromatic N) is 1. The maximum Gasteiger partial charge on any atom is 0.326 e. The van der Waals surface area contributed by atoms with E-state index in [-0.39, 0.29) is 12.4 Å². The lowest BCUT2D eigenvalue weighted by Gasteiger charge is -2.21. The van der Waals surface area contributed by atoms with Crippen molar-refractivity contribution in [2.75, 3.05) is 25.1 Å². The molecule has 12 nitrogen and oxygen atoms in total. The smallest absolute Gasteiger partial charge is 0.326 e. The molecule has 3 atom stereocenters. The molecule has 35 heavy (non-hydrogen) atoms. The quantitative estimate of drug-likeness (QED) is 0.0785. The summed E-state index contributed by atoms with van der Waals surface area (Å²) in [5, 5.41) is 16.9. The molecule has 0 radical (unpaired) electrons. The highest BCUT2D eigenvalue weighted by atomic mass is 32.2. The van der Waals surface area contributed by atoms with E-state index in [1.165, 1.54) is 11.8 Å². The summed E-state index contributed by atoms with van der Waals surface area (Å²) in [7, 11) is 0. The van der Waals surface area contributed by atoms with Gasteiger partial charge in [-0.25, -0.2) is 4.79 Å². The molecule has 0 saturated heterocycles. The van der Waals surface area contributed by atoms with E-state index in [0.29, 0.717) is 31.6 Å². The Bertz CT molecular complexity index is 865. The van der Waals surface area contributed by atoms with Crippen LogP contribution in [0.3, 0.4) is 0 Å². The average molecular weight is 510 g/mol. The molecule has 3 unspecified atom stereocenters. The third kappa shape index (κ3) is 12.6. The minimum absolute atomic E-state index is 0.0457. The zero-order valence-electron chi connectivity index (χ0n) is 19.7. The standard InChI is InChI=1S/C22H35N7O5S/c1-35-11-9-16(29-19(31)15(23)8-5-10-26-22(24)25)20(32)27-13-18(30)28-17(21(33)34)12-14-6-3-2-4-7-14/h2-4,6-7,15-17H,5,8-13,23H2,1H3,(H,27,32)(H,28,30)(H,29,31)(H,33,34)(H4,24,25,26). The van der Waals surface area contributed by atoms with Gasteiger partial charge >= 0.3 is 5.97 Å². The molecule has 1 aromatic carbocycles. The molecule has 0 aliphatic heterocycles. The number of hydrogen-bond acceptors (Lipinski definition) is 7. The molecule has 194 valence electrons. The Hall–Kier alpha value is -3.32. The maximum atomic E-state index is 12.6. The fraction of sp³-hybridized carbons (Fsp3) is 0.500. The van der Waals surface area contributed by atoms with Crippen LogP contribution >= 0.6 is 11.8 Å². The monoisotopic (exact) mass is 509 g/mol. The summed E-state index contributed by atoms with van der Waals surface area (Å²) in [4.78, 5) is 52.7. The number of nitrogens with one attached hydrogen (secondary N) is 3. The lowest BCUT2D eigenvalue weighted by atomic mass is 10.1. The first kappa shape index (κ1) is 29.7. The van der Waals surface area contributed by atoms with Gasteiger partial charge in [-0.1, -0.05) is 30.3 Å². The molecule has 0 spiro atoms. The van der Waals surface area contributed by atoms with E-state index in [1.807, 2.05) is 6.26 Å². The minimum atomic E-state index is -1.19. The number of carbonyl (C=O) groups excluding carboxylic acids is 3. The van der Waals surface area contributed by atoms with Crippen LogP contribution in [0.5, 0.6) is 0 Å². The normalized spacial score (nSPS) is 13.1. The summed E-state index contributed by atoms with van der Waals surface area (Å²) in [5.74, 6) is -2.38. The van der Waals surface area contributed by atoms with Crippen LogP contribution in [0.2, 0.25) is 0 Å². The van der Waals surface area contributed by atoms with Gasteiger partial charge in [0.15, 0.2) is 5.96 Å². The average Bonchev–Trinajstić information content (AvgIpc) is 2.82. The zero-order chi connectivity index (χ0) is 26.2. The summed E-state index contributed by atoms with van der Waals surface area (Å²) in [5.41, 5.74) is 17.2. The zero-order valence-corrected chi connectivity index (χ0v) is 20.6. The van der Waals surface area contributed by atoms with Crippen LogP contribution in [0.1, 0.15) is 24.8 Å². The number of aliphatic carboxylic acids is 1. The van der Waals surface area contributed by atoms with E-state index >= 15 is 0 Å². The van der Waals surface area contributed by atoms with E-state index in [1.54, 1.807) is 30.3 Å². The lowest BCUT2D eigenvalue weighted by Crippen LogP contribution is -2.53. The number of carbonyl (C=O) groups is 4. The number of aliphatic imine (C=N–C) groups is 1. The fourth-order valence-electron chi connectivity index (χ4n) is 3.02. The van der Waals surface area contributed by atoms with Gasteiger partial charge in [-0.2, -0.15) is 11.8 Å². The lowest BCUT2D eigenvalue weighted by molar-refractivity contribution is -0.141. The molecule has 10 N–H and O–H groups in total. The van der Waals surface area contributed by atoms with Crippen molar-refractivity contribution >= 4 is 41.4 Å². The van der Waals surface area contributed by atoms with Crippen molar-refractivity contribution in [2.24, 2.45) is 22.2 Å². The molecular weight excluding hydrogens is 474 g/mol. The van der Waals surface area contributed by atoms with Crippen molar-refractivity contribution in [1.29, 1.82) is 0 Å². The summed E-state index contributed by atoms with van der Waals surface area (Å²) in [6, 6.07) is 5.97. The number of nitrogens with two attached hydrogens (primary N) is 3. The SMILES string of the molecule is CSCCC(NC(=O)C(N)CCCN=C(N)N)C(=O)NCC(=O)NC(Cc1ccccc1)C(=O)O. The van der Waals surface area contributed by atoms with Gasteiger partial charge in [0.05, 0.1) is 12.6 Å². The first-order valence-electron chi connectivity index (χ1n) is 11.1. The number of thioether (sulfide) groups is 1. The van der Waals surface area contributed by atoms with Crippen molar-refractivity contribution in [3.8, 4) is 0 Å².